The fourth-order valence-corrected chi connectivity index (χ4v) is 1.69. The van der Waals surface area contributed by atoms with E-state index in [0.717, 1.165) is 19.3 Å². The largest absolute Gasteiger partial charge is 0.340 e. The molecular weight excluding hydrogens is 240 g/mol. The summed E-state index contributed by atoms with van der Waals surface area (Å²) in [6.45, 7) is 0.673. The van der Waals surface area contributed by atoms with Gasteiger partial charge in [0.2, 0.25) is 5.56 Å². The van der Waals surface area contributed by atoms with Crippen LogP contribution in [0.1, 0.15) is 29.8 Å². The number of alkyl halides is 1. The maximum absolute atomic E-state index is 11.9. The van der Waals surface area contributed by atoms with Crippen molar-refractivity contribution in [2.45, 2.75) is 19.3 Å². The smallest absolute Gasteiger partial charge is 0.270 e. The van der Waals surface area contributed by atoms with Crippen molar-refractivity contribution in [3.8, 4) is 0 Å². The topological polar surface area (TPSA) is 53.2 Å². The average Bonchev–Trinajstić information content (AvgIpc) is 2.33. The lowest BCUT2D eigenvalue weighted by atomic mass is 10.2. The van der Waals surface area contributed by atoms with Crippen molar-refractivity contribution in [2.75, 3.05) is 19.5 Å². The van der Waals surface area contributed by atoms with Crippen molar-refractivity contribution in [1.29, 1.82) is 0 Å². The fraction of sp³-hybridized carbons (Fsp3) is 0.500. The second-order valence-corrected chi connectivity index (χ2v) is 4.28. The number of unbranched alkanes of at least 4 members (excludes halogenated alkanes) is 2. The molecule has 4 nitrogen and oxygen atoms in total. The van der Waals surface area contributed by atoms with Gasteiger partial charge in [-0.1, -0.05) is 12.5 Å². The molecule has 1 N–H and O–H groups in total. The maximum atomic E-state index is 11.9. The van der Waals surface area contributed by atoms with Crippen molar-refractivity contribution in [3.63, 3.8) is 0 Å². The molecule has 0 unspecified atom stereocenters. The van der Waals surface area contributed by atoms with Gasteiger partial charge in [0.25, 0.3) is 5.91 Å². The lowest BCUT2D eigenvalue weighted by molar-refractivity contribution is 0.0786. The van der Waals surface area contributed by atoms with Gasteiger partial charge in [-0.25, -0.2) is 0 Å². The molecule has 1 aromatic heterocycles. The number of halogens is 1. The van der Waals surface area contributed by atoms with E-state index in [4.69, 9.17) is 11.6 Å². The van der Waals surface area contributed by atoms with Crippen LogP contribution in [0.3, 0.4) is 0 Å². The number of nitrogens with one attached hydrogen (secondary N) is 1. The summed E-state index contributed by atoms with van der Waals surface area (Å²) in [6, 6.07) is 4.57. The molecule has 1 aromatic rings. The first-order chi connectivity index (χ1) is 8.15. The van der Waals surface area contributed by atoms with Gasteiger partial charge < -0.3 is 9.88 Å². The Kier molecular flexibility index (Phi) is 5.77. The highest BCUT2D eigenvalue weighted by atomic mass is 35.5. The highest BCUT2D eigenvalue weighted by Gasteiger charge is 2.11. The van der Waals surface area contributed by atoms with Crippen LogP contribution in [0.2, 0.25) is 0 Å². The summed E-state index contributed by atoms with van der Waals surface area (Å²) in [5.41, 5.74) is 0.0729. The van der Waals surface area contributed by atoms with E-state index in [2.05, 4.69) is 4.98 Å². The summed E-state index contributed by atoms with van der Waals surface area (Å²) in [7, 11) is 1.73. The Morgan fingerprint density at radius 1 is 1.35 bits per heavy atom. The zero-order valence-corrected chi connectivity index (χ0v) is 10.7. The molecule has 0 aromatic carbocycles. The Morgan fingerprint density at radius 3 is 2.76 bits per heavy atom. The number of hydrogen-bond donors (Lipinski definition) is 1. The standard InChI is InChI=1S/C12H17ClN2O2/c1-15(9-4-2-3-8-13)12(17)10-6-5-7-11(16)14-10/h5-7H,2-4,8-9H2,1H3,(H,14,16). The molecule has 0 atom stereocenters. The van der Waals surface area contributed by atoms with Gasteiger partial charge >= 0.3 is 0 Å². The number of hydrogen-bond acceptors (Lipinski definition) is 2. The monoisotopic (exact) mass is 256 g/mol. The zero-order chi connectivity index (χ0) is 12.7. The molecule has 1 amide bonds. The first kappa shape index (κ1) is 13.8. The summed E-state index contributed by atoms with van der Waals surface area (Å²) < 4.78 is 0. The van der Waals surface area contributed by atoms with Crippen LogP contribution in [0.4, 0.5) is 0 Å². The van der Waals surface area contributed by atoms with Gasteiger partial charge in [-0.2, -0.15) is 0 Å². The Bertz CT molecular complexity index is 417. The van der Waals surface area contributed by atoms with Crippen LogP contribution in [-0.2, 0) is 0 Å². The molecule has 17 heavy (non-hydrogen) atoms. The third-order valence-electron chi connectivity index (χ3n) is 2.47. The van der Waals surface area contributed by atoms with Crippen molar-refractivity contribution in [1.82, 2.24) is 9.88 Å². The molecule has 5 heteroatoms. The molecule has 0 bridgehead atoms. The predicted octanol–water partition coefficient (Wildman–Crippen LogP) is 1.86. The summed E-state index contributed by atoms with van der Waals surface area (Å²) in [4.78, 5) is 27.1. The van der Waals surface area contributed by atoms with Crippen LogP contribution in [0.5, 0.6) is 0 Å². The van der Waals surface area contributed by atoms with Gasteiger partial charge in [0, 0.05) is 25.5 Å². The van der Waals surface area contributed by atoms with E-state index in [1.54, 1.807) is 24.1 Å². The summed E-state index contributed by atoms with van der Waals surface area (Å²) in [6.07, 6.45) is 2.89. The zero-order valence-electron chi connectivity index (χ0n) is 9.91. The van der Waals surface area contributed by atoms with Gasteiger partial charge in [0.1, 0.15) is 5.69 Å². The summed E-state index contributed by atoms with van der Waals surface area (Å²) in [5, 5.41) is 0. The average molecular weight is 257 g/mol. The van der Waals surface area contributed by atoms with E-state index >= 15 is 0 Å². The predicted molar refractivity (Wildman–Crippen MR) is 68.6 cm³/mol. The molecule has 1 heterocycles. The second-order valence-electron chi connectivity index (χ2n) is 3.91. The van der Waals surface area contributed by atoms with Gasteiger partial charge in [-0.15, -0.1) is 11.6 Å². The number of rotatable bonds is 6. The maximum Gasteiger partial charge on any atom is 0.270 e. The Labute approximate surface area is 106 Å². The third kappa shape index (κ3) is 4.61. The van der Waals surface area contributed by atoms with Crippen LogP contribution in [0.15, 0.2) is 23.0 Å². The van der Waals surface area contributed by atoms with E-state index in [9.17, 15) is 9.59 Å². The highest BCUT2D eigenvalue weighted by Crippen LogP contribution is 2.02. The Hall–Kier alpha value is -1.29. The highest BCUT2D eigenvalue weighted by molar-refractivity contribution is 6.17. The van der Waals surface area contributed by atoms with Crippen molar-refractivity contribution >= 4 is 17.5 Å². The molecule has 0 saturated heterocycles. The van der Waals surface area contributed by atoms with E-state index in [0.29, 0.717) is 18.1 Å². The number of aromatic nitrogens is 1. The van der Waals surface area contributed by atoms with Crippen LogP contribution >= 0.6 is 11.6 Å². The first-order valence-corrected chi connectivity index (χ1v) is 6.19. The molecular formula is C12H17ClN2O2. The molecule has 0 aliphatic rings. The van der Waals surface area contributed by atoms with E-state index in [1.807, 2.05) is 0 Å². The molecule has 0 spiro atoms. The molecule has 0 fully saturated rings. The van der Waals surface area contributed by atoms with Gasteiger partial charge in [0.05, 0.1) is 0 Å². The first-order valence-electron chi connectivity index (χ1n) is 5.66. The molecule has 0 aliphatic carbocycles. The van der Waals surface area contributed by atoms with Crippen molar-refractivity contribution in [2.24, 2.45) is 0 Å². The number of H-pyrrole nitrogens is 1. The fourth-order valence-electron chi connectivity index (χ4n) is 1.50. The third-order valence-corrected chi connectivity index (χ3v) is 2.74. The lowest BCUT2D eigenvalue weighted by Crippen LogP contribution is -2.29. The quantitative estimate of drug-likeness (QED) is 0.624. The van der Waals surface area contributed by atoms with Crippen molar-refractivity contribution < 1.29 is 4.79 Å². The summed E-state index contributed by atoms with van der Waals surface area (Å²) >= 11 is 5.57. The minimum atomic E-state index is -0.258. The minimum Gasteiger partial charge on any atom is -0.340 e. The number of pyridine rings is 1. The van der Waals surface area contributed by atoms with E-state index < -0.39 is 0 Å². The Balaban J connectivity index is 2.49. The Morgan fingerprint density at radius 2 is 2.12 bits per heavy atom. The summed E-state index contributed by atoms with van der Waals surface area (Å²) in [5.74, 6) is 0.498. The molecule has 0 saturated carbocycles. The minimum absolute atomic E-state index is 0.159. The van der Waals surface area contributed by atoms with Crippen LogP contribution in [0.25, 0.3) is 0 Å². The van der Waals surface area contributed by atoms with Crippen LogP contribution < -0.4 is 5.56 Å². The number of amides is 1. The number of nitrogens with zero attached hydrogens (tertiary/aromatic N) is 1. The van der Waals surface area contributed by atoms with Crippen LogP contribution in [-0.4, -0.2) is 35.3 Å². The van der Waals surface area contributed by atoms with Gasteiger partial charge in [0.15, 0.2) is 0 Å². The van der Waals surface area contributed by atoms with E-state index in [-0.39, 0.29) is 11.5 Å². The van der Waals surface area contributed by atoms with E-state index in [1.165, 1.54) is 6.07 Å². The van der Waals surface area contributed by atoms with Gasteiger partial charge in [-0.05, 0) is 18.9 Å². The number of carbonyl (C=O) groups excluding carboxylic acids is 1. The molecule has 0 aliphatic heterocycles. The number of aromatic amines is 1. The second kappa shape index (κ2) is 7.12. The molecule has 0 radical (unpaired) electrons. The molecule has 94 valence electrons. The normalized spacial score (nSPS) is 10.2. The lowest BCUT2D eigenvalue weighted by Gasteiger charge is -2.16. The van der Waals surface area contributed by atoms with Gasteiger partial charge in [-0.3, -0.25) is 9.59 Å². The van der Waals surface area contributed by atoms with Crippen molar-refractivity contribution in [3.05, 3.63) is 34.2 Å². The number of carbonyl (C=O) groups is 1. The molecule has 1 rings (SSSR count). The van der Waals surface area contributed by atoms with Crippen LogP contribution in [0, 0.1) is 0 Å². The SMILES string of the molecule is CN(CCCCCCl)C(=O)c1cccc(=O)[nH]1.